The van der Waals surface area contributed by atoms with E-state index >= 15 is 0 Å². The van der Waals surface area contributed by atoms with Crippen molar-refractivity contribution in [3.63, 3.8) is 0 Å². The second kappa shape index (κ2) is 7.24. The highest BCUT2D eigenvalue weighted by Gasteiger charge is 2.28. The molecule has 4 rings (SSSR count). The van der Waals surface area contributed by atoms with Crippen molar-refractivity contribution in [2.75, 3.05) is 24.5 Å². The van der Waals surface area contributed by atoms with Crippen LogP contribution >= 0.6 is 0 Å². The average molecular weight is 348 g/mol. The van der Waals surface area contributed by atoms with Gasteiger partial charge in [-0.25, -0.2) is 0 Å². The fourth-order valence-corrected chi connectivity index (χ4v) is 3.91. The topological polar surface area (TPSA) is 43.8 Å². The van der Waals surface area contributed by atoms with Gasteiger partial charge in [-0.15, -0.1) is 0 Å². The fourth-order valence-electron chi connectivity index (χ4n) is 3.91. The summed E-state index contributed by atoms with van der Waals surface area (Å²) in [7, 11) is 0. The second-order valence-corrected chi connectivity index (χ2v) is 7.07. The largest absolute Gasteiger partial charge is 0.503 e. The number of carbonyl (C=O) groups excluding carboxylic acids is 1. The smallest absolute Gasteiger partial charge is 0.289 e. The molecule has 134 valence electrons. The molecule has 1 N–H and O–H groups in total. The molecule has 0 unspecified atom stereocenters. The maximum absolute atomic E-state index is 12.6. The zero-order chi connectivity index (χ0) is 17.9. The van der Waals surface area contributed by atoms with E-state index in [1.165, 1.54) is 11.3 Å². The highest BCUT2D eigenvalue weighted by molar-refractivity contribution is 5.92. The van der Waals surface area contributed by atoms with Crippen molar-refractivity contribution in [2.24, 2.45) is 0 Å². The summed E-state index contributed by atoms with van der Waals surface area (Å²) in [5.41, 5.74) is 4.53. The molecule has 0 spiro atoms. The summed E-state index contributed by atoms with van der Waals surface area (Å²) in [5.74, 6) is -0.310. The van der Waals surface area contributed by atoms with Crippen LogP contribution in [-0.4, -0.2) is 35.5 Å². The third-order valence-corrected chi connectivity index (χ3v) is 5.31. The molecule has 0 saturated carbocycles. The van der Waals surface area contributed by atoms with E-state index in [0.717, 1.165) is 36.9 Å². The molecule has 0 radical (unpaired) electrons. The third kappa shape index (κ3) is 3.32. The van der Waals surface area contributed by atoms with Crippen LogP contribution in [0.3, 0.4) is 0 Å². The highest BCUT2D eigenvalue weighted by atomic mass is 16.3. The Labute approximate surface area is 154 Å². The standard InChI is InChI=1S/C22H24N2O2/c25-21-19(16-23-13-6-10-18-9-4-5-11-20(18)23)12-14-24(22(21)26)15-17-7-2-1-3-8-17/h1-5,7-9,11,25H,6,10,12-16H2. The van der Waals surface area contributed by atoms with E-state index in [1.54, 1.807) is 4.90 Å². The molecule has 4 nitrogen and oxygen atoms in total. The molecule has 0 atom stereocenters. The minimum atomic E-state index is -0.250. The number of anilines is 1. The molecule has 0 aliphatic carbocycles. The Morgan fingerprint density at radius 2 is 1.62 bits per heavy atom. The molecular weight excluding hydrogens is 324 g/mol. The van der Waals surface area contributed by atoms with Crippen LogP contribution in [0.25, 0.3) is 0 Å². The first-order valence-electron chi connectivity index (χ1n) is 9.29. The second-order valence-electron chi connectivity index (χ2n) is 7.07. The van der Waals surface area contributed by atoms with Gasteiger partial charge in [-0.2, -0.15) is 0 Å². The van der Waals surface area contributed by atoms with Crippen LogP contribution in [0.15, 0.2) is 65.9 Å². The fraction of sp³-hybridized carbons (Fsp3) is 0.318. The summed E-state index contributed by atoms with van der Waals surface area (Å²) in [4.78, 5) is 16.7. The molecule has 0 saturated heterocycles. The van der Waals surface area contributed by atoms with Crippen LogP contribution in [0.2, 0.25) is 0 Å². The van der Waals surface area contributed by atoms with Gasteiger partial charge in [0.2, 0.25) is 0 Å². The molecule has 2 aliphatic heterocycles. The zero-order valence-electron chi connectivity index (χ0n) is 14.9. The Hall–Kier alpha value is -2.75. The summed E-state index contributed by atoms with van der Waals surface area (Å²) in [6, 6.07) is 18.4. The van der Waals surface area contributed by atoms with Crippen LogP contribution in [0, 0.1) is 0 Å². The average Bonchev–Trinajstić information content (AvgIpc) is 2.69. The number of nitrogens with zero attached hydrogens (tertiary/aromatic N) is 2. The Balaban J connectivity index is 1.49. The molecule has 2 aromatic carbocycles. The molecule has 2 aliphatic rings. The predicted molar refractivity (Wildman–Crippen MR) is 103 cm³/mol. The molecule has 26 heavy (non-hydrogen) atoms. The number of benzene rings is 2. The molecule has 4 heteroatoms. The normalized spacial score (nSPS) is 17.5. The number of amides is 1. The monoisotopic (exact) mass is 348 g/mol. The number of hydrogen-bond donors (Lipinski definition) is 1. The van der Waals surface area contributed by atoms with E-state index < -0.39 is 0 Å². The van der Waals surface area contributed by atoms with Gasteiger partial charge in [0.15, 0.2) is 5.76 Å². The molecule has 2 aromatic rings. The highest BCUT2D eigenvalue weighted by Crippen LogP contribution is 2.29. The van der Waals surface area contributed by atoms with E-state index in [0.29, 0.717) is 19.6 Å². The van der Waals surface area contributed by atoms with E-state index in [-0.39, 0.29) is 11.7 Å². The summed E-state index contributed by atoms with van der Waals surface area (Å²) < 4.78 is 0. The SMILES string of the molecule is O=C1C(O)=C(CN2CCCc3ccccc32)CCN1Cc1ccccc1. The number of fused-ring (bicyclic) bond motifs is 1. The number of aliphatic hydroxyl groups is 1. The van der Waals surface area contributed by atoms with E-state index in [2.05, 4.69) is 29.2 Å². The number of aryl methyl sites for hydroxylation is 1. The molecular formula is C22H24N2O2. The predicted octanol–water partition coefficient (Wildman–Crippen LogP) is 3.68. The minimum Gasteiger partial charge on any atom is -0.503 e. The van der Waals surface area contributed by atoms with Crippen LogP contribution in [0.1, 0.15) is 24.0 Å². The number of aliphatic hydroxyl groups excluding tert-OH is 1. The minimum absolute atomic E-state index is 0.0600. The van der Waals surface area contributed by atoms with Gasteiger partial charge < -0.3 is 14.9 Å². The molecule has 0 bridgehead atoms. The van der Waals surface area contributed by atoms with E-state index in [9.17, 15) is 9.90 Å². The quantitative estimate of drug-likeness (QED) is 0.916. The lowest BCUT2D eigenvalue weighted by Crippen LogP contribution is -2.40. The van der Waals surface area contributed by atoms with Crippen molar-refractivity contribution in [2.45, 2.75) is 25.8 Å². The first kappa shape index (κ1) is 16.7. The summed E-state index contributed by atoms with van der Waals surface area (Å²) in [6.07, 6.45) is 2.93. The first-order chi connectivity index (χ1) is 12.7. The lowest BCUT2D eigenvalue weighted by Gasteiger charge is -2.34. The summed E-state index contributed by atoms with van der Waals surface area (Å²) in [5, 5.41) is 10.5. The molecule has 1 amide bonds. The van der Waals surface area contributed by atoms with Crippen molar-refractivity contribution in [1.82, 2.24) is 4.90 Å². The maximum Gasteiger partial charge on any atom is 0.289 e. The van der Waals surface area contributed by atoms with Gasteiger partial charge in [0, 0.05) is 31.9 Å². The van der Waals surface area contributed by atoms with Gasteiger partial charge in [-0.05, 0) is 42.0 Å². The van der Waals surface area contributed by atoms with Crippen molar-refractivity contribution in [1.29, 1.82) is 0 Å². The summed E-state index contributed by atoms with van der Waals surface area (Å²) in [6.45, 7) is 2.80. The number of carbonyl (C=O) groups is 1. The van der Waals surface area contributed by atoms with Gasteiger partial charge in [-0.3, -0.25) is 4.79 Å². The Morgan fingerprint density at radius 3 is 2.46 bits per heavy atom. The van der Waals surface area contributed by atoms with Gasteiger partial charge >= 0.3 is 0 Å². The third-order valence-electron chi connectivity index (χ3n) is 5.31. The molecule has 2 heterocycles. The van der Waals surface area contributed by atoms with Crippen LogP contribution < -0.4 is 4.90 Å². The van der Waals surface area contributed by atoms with Gasteiger partial charge in [0.05, 0.1) is 0 Å². The number of para-hydroxylation sites is 1. The van der Waals surface area contributed by atoms with Crippen LogP contribution in [0.5, 0.6) is 0 Å². The van der Waals surface area contributed by atoms with Crippen molar-refractivity contribution in [3.8, 4) is 0 Å². The Kier molecular flexibility index (Phi) is 4.65. The van der Waals surface area contributed by atoms with Crippen LogP contribution in [0.4, 0.5) is 5.69 Å². The molecule has 0 aromatic heterocycles. The Bertz CT molecular complexity index is 829. The number of hydrogen-bond acceptors (Lipinski definition) is 3. The maximum atomic E-state index is 12.6. The Morgan fingerprint density at radius 1 is 0.846 bits per heavy atom. The summed E-state index contributed by atoms with van der Waals surface area (Å²) >= 11 is 0. The number of rotatable bonds is 4. The van der Waals surface area contributed by atoms with E-state index in [1.807, 2.05) is 30.3 Å². The molecule has 0 fully saturated rings. The first-order valence-corrected chi connectivity index (χ1v) is 9.29. The zero-order valence-corrected chi connectivity index (χ0v) is 14.9. The van der Waals surface area contributed by atoms with Gasteiger partial charge in [-0.1, -0.05) is 48.5 Å². The lowest BCUT2D eigenvalue weighted by molar-refractivity contribution is -0.131. The van der Waals surface area contributed by atoms with Gasteiger partial charge in [0.1, 0.15) is 0 Å². The van der Waals surface area contributed by atoms with Crippen molar-refractivity contribution in [3.05, 3.63) is 77.1 Å². The lowest BCUT2D eigenvalue weighted by atomic mass is 9.99. The van der Waals surface area contributed by atoms with Crippen molar-refractivity contribution >= 4 is 11.6 Å². The van der Waals surface area contributed by atoms with Crippen molar-refractivity contribution < 1.29 is 9.90 Å². The van der Waals surface area contributed by atoms with Crippen LogP contribution in [-0.2, 0) is 17.8 Å². The van der Waals surface area contributed by atoms with Gasteiger partial charge in [0.25, 0.3) is 5.91 Å². The van der Waals surface area contributed by atoms with E-state index in [4.69, 9.17) is 0 Å².